The summed E-state index contributed by atoms with van der Waals surface area (Å²) in [5, 5.41) is 0. The molecule has 1 unspecified atom stereocenters. The van der Waals surface area contributed by atoms with Crippen LogP contribution in [0.3, 0.4) is 0 Å². The van der Waals surface area contributed by atoms with E-state index in [2.05, 4.69) is 50.3 Å². The van der Waals surface area contributed by atoms with E-state index in [0.29, 0.717) is 12.1 Å². The highest BCUT2D eigenvalue weighted by Crippen LogP contribution is 2.17. The Morgan fingerprint density at radius 1 is 1.33 bits per heavy atom. The minimum Gasteiger partial charge on any atom is -0.374 e. The van der Waals surface area contributed by atoms with Crippen LogP contribution in [0.4, 0.5) is 0 Å². The number of hydrogen-bond acceptors (Lipinski definition) is 2. The number of aryl methyl sites for hydroxylation is 1. The fourth-order valence-electron chi connectivity index (χ4n) is 2.66. The van der Waals surface area contributed by atoms with Crippen LogP contribution in [0, 0.1) is 20.8 Å². The van der Waals surface area contributed by atoms with Crippen molar-refractivity contribution in [3.05, 3.63) is 23.0 Å². The van der Waals surface area contributed by atoms with Crippen LogP contribution >= 0.6 is 0 Å². The number of morpholine rings is 1. The van der Waals surface area contributed by atoms with E-state index in [4.69, 9.17) is 4.74 Å². The molecule has 0 aromatic carbocycles. The quantitative estimate of drug-likeness (QED) is 0.820. The maximum Gasteiger partial charge on any atom is 0.0881 e. The Hall–Kier alpha value is -0.800. The topological polar surface area (TPSA) is 17.4 Å². The van der Waals surface area contributed by atoms with Gasteiger partial charge < -0.3 is 9.30 Å². The van der Waals surface area contributed by atoms with Crippen LogP contribution in [0.25, 0.3) is 0 Å². The molecule has 2 heterocycles. The van der Waals surface area contributed by atoms with Crippen LogP contribution in [-0.4, -0.2) is 41.3 Å². The molecule has 3 heteroatoms. The summed E-state index contributed by atoms with van der Waals surface area (Å²) in [6.45, 7) is 15.1. The average Bonchev–Trinajstić information content (AvgIpc) is 2.57. The molecule has 1 aliphatic rings. The van der Waals surface area contributed by atoms with E-state index in [9.17, 15) is 0 Å². The Kier molecular flexibility index (Phi) is 4.13. The molecule has 1 fully saturated rings. The van der Waals surface area contributed by atoms with Crippen molar-refractivity contribution in [1.29, 1.82) is 0 Å². The van der Waals surface area contributed by atoms with Crippen molar-refractivity contribution in [2.45, 2.75) is 53.3 Å². The zero-order chi connectivity index (χ0) is 13.3. The molecule has 18 heavy (non-hydrogen) atoms. The van der Waals surface area contributed by atoms with Crippen LogP contribution < -0.4 is 0 Å². The van der Waals surface area contributed by atoms with Crippen molar-refractivity contribution < 1.29 is 4.74 Å². The number of aromatic nitrogens is 1. The highest BCUT2D eigenvalue weighted by molar-refractivity contribution is 5.28. The summed E-state index contributed by atoms with van der Waals surface area (Å²) in [5.74, 6) is 0. The van der Waals surface area contributed by atoms with Gasteiger partial charge in [-0.1, -0.05) is 0 Å². The van der Waals surface area contributed by atoms with Gasteiger partial charge in [0.25, 0.3) is 0 Å². The van der Waals surface area contributed by atoms with E-state index in [0.717, 1.165) is 26.2 Å². The average molecular weight is 250 g/mol. The molecular weight excluding hydrogens is 224 g/mol. The molecule has 1 aromatic rings. The first-order chi connectivity index (χ1) is 8.49. The van der Waals surface area contributed by atoms with E-state index in [1.165, 1.54) is 16.8 Å². The highest BCUT2D eigenvalue weighted by atomic mass is 16.5. The monoisotopic (exact) mass is 250 g/mol. The van der Waals surface area contributed by atoms with Crippen molar-refractivity contribution in [3.63, 3.8) is 0 Å². The molecule has 0 radical (unpaired) electrons. The van der Waals surface area contributed by atoms with Gasteiger partial charge in [-0.25, -0.2) is 0 Å². The summed E-state index contributed by atoms with van der Waals surface area (Å²) in [6, 6.07) is 0.616. The fraction of sp³-hybridized carbons (Fsp3) is 0.733. The second kappa shape index (κ2) is 5.45. The number of nitrogens with zero attached hydrogens (tertiary/aromatic N) is 2. The largest absolute Gasteiger partial charge is 0.374 e. The molecule has 1 atom stereocenters. The molecule has 102 valence electrons. The van der Waals surface area contributed by atoms with Crippen molar-refractivity contribution in [2.75, 3.05) is 19.7 Å². The summed E-state index contributed by atoms with van der Waals surface area (Å²) in [4.78, 5) is 2.51. The lowest BCUT2D eigenvalue weighted by molar-refractivity contribution is -0.0457. The Labute approximate surface area is 111 Å². The summed E-state index contributed by atoms with van der Waals surface area (Å²) < 4.78 is 8.25. The summed E-state index contributed by atoms with van der Waals surface area (Å²) in [6.07, 6.45) is 2.58. The van der Waals surface area contributed by atoms with E-state index < -0.39 is 0 Å². The molecular formula is C15H26N2O. The van der Waals surface area contributed by atoms with E-state index >= 15 is 0 Å². The third-order valence-electron chi connectivity index (χ3n) is 4.22. The number of rotatable bonds is 3. The molecule has 3 nitrogen and oxygen atoms in total. The van der Waals surface area contributed by atoms with Crippen LogP contribution in [-0.2, 0) is 11.3 Å². The Morgan fingerprint density at radius 2 is 2.06 bits per heavy atom. The minimum absolute atomic E-state index is 0.325. The molecule has 0 saturated carbocycles. The number of ether oxygens (including phenoxy) is 1. The zero-order valence-corrected chi connectivity index (χ0v) is 12.4. The third-order valence-corrected chi connectivity index (χ3v) is 4.22. The predicted octanol–water partition coefficient (Wildman–Crippen LogP) is 2.52. The highest BCUT2D eigenvalue weighted by Gasteiger charge is 2.23. The first kappa shape index (κ1) is 13.6. The SMILES string of the molecule is Cc1cn(CC2CN(C(C)C)CCO2)c(C)c1C. The Bertz CT molecular complexity index is 409. The van der Waals surface area contributed by atoms with E-state index in [-0.39, 0.29) is 0 Å². The molecule has 1 aromatic heterocycles. The van der Waals surface area contributed by atoms with E-state index in [1.807, 2.05) is 0 Å². The summed E-state index contributed by atoms with van der Waals surface area (Å²) in [5.41, 5.74) is 4.16. The number of hydrogen-bond donors (Lipinski definition) is 0. The van der Waals surface area contributed by atoms with Crippen molar-refractivity contribution in [1.82, 2.24) is 9.47 Å². The summed E-state index contributed by atoms with van der Waals surface area (Å²) >= 11 is 0. The fourth-order valence-corrected chi connectivity index (χ4v) is 2.66. The van der Waals surface area contributed by atoms with Gasteiger partial charge in [0.15, 0.2) is 0 Å². The lowest BCUT2D eigenvalue weighted by Gasteiger charge is -2.35. The second-order valence-electron chi connectivity index (χ2n) is 5.76. The van der Waals surface area contributed by atoms with Gasteiger partial charge in [0.05, 0.1) is 12.7 Å². The van der Waals surface area contributed by atoms with E-state index in [1.54, 1.807) is 0 Å². The van der Waals surface area contributed by atoms with Crippen LogP contribution in [0.2, 0.25) is 0 Å². The first-order valence-electron chi connectivity index (χ1n) is 6.97. The normalized spacial score (nSPS) is 21.8. The summed E-state index contributed by atoms with van der Waals surface area (Å²) in [7, 11) is 0. The van der Waals surface area contributed by atoms with Crippen molar-refractivity contribution >= 4 is 0 Å². The maximum atomic E-state index is 5.90. The van der Waals surface area contributed by atoms with Gasteiger partial charge >= 0.3 is 0 Å². The lowest BCUT2D eigenvalue weighted by atomic mass is 10.2. The maximum absolute atomic E-state index is 5.90. The first-order valence-corrected chi connectivity index (χ1v) is 6.97. The molecule has 0 N–H and O–H groups in total. The molecule has 0 aliphatic carbocycles. The van der Waals surface area contributed by atoms with Crippen LogP contribution in [0.15, 0.2) is 6.20 Å². The van der Waals surface area contributed by atoms with Crippen molar-refractivity contribution in [2.24, 2.45) is 0 Å². The standard InChI is InChI=1S/C15H26N2O/c1-11(2)16-6-7-18-15(9-16)10-17-8-12(3)13(4)14(17)5/h8,11,15H,6-7,9-10H2,1-5H3. The predicted molar refractivity (Wildman–Crippen MR) is 75.1 cm³/mol. The minimum atomic E-state index is 0.325. The second-order valence-corrected chi connectivity index (χ2v) is 5.76. The van der Waals surface area contributed by atoms with Gasteiger partial charge in [-0.3, -0.25) is 4.90 Å². The van der Waals surface area contributed by atoms with Crippen LogP contribution in [0.1, 0.15) is 30.7 Å². The smallest absolute Gasteiger partial charge is 0.0881 e. The molecule has 1 saturated heterocycles. The van der Waals surface area contributed by atoms with Gasteiger partial charge in [0.2, 0.25) is 0 Å². The Morgan fingerprint density at radius 3 is 2.61 bits per heavy atom. The molecule has 0 bridgehead atoms. The molecule has 2 rings (SSSR count). The molecule has 1 aliphatic heterocycles. The Balaban J connectivity index is 2.02. The van der Waals surface area contributed by atoms with Crippen LogP contribution in [0.5, 0.6) is 0 Å². The van der Waals surface area contributed by atoms with Crippen molar-refractivity contribution in [3.8, 4) is 0 Å². The molecule has 0 spiro atoms. The van der Waals surface area contributed by atoms with Gasteiger partial charge in [-0.2, -0.15) is 0 Å². The van der Waals surface area contributed by atoms with Gasteiger partial charge in [0, 0.05) is 37.6 Å². The zero-order valence-electron chi connectivity index (χ0n) is 12.4. The molecule has 0 amide bonds. The lowest BCUT2D eigenvalue weighted by Crippen LogP contribution is -2.47. The van der Waals surface area contributed by atoms with Gasteiger partial charge in [0.1, 0.15) is 0 Å². The van der Waals surface area contributed by atoms with Gasteiger partial charge in [-0.05, 0) is 45.7 Å². The van der Waals surface area contributed by atoms with Gasteiger partial charge in [-0.15, -0.1) is 0 Å². The third kappa shape index (κ3) is 2.78.